The van der Waals surface area contributed by atoms with Gasteiger partial charge in [-0.15, -0.1) is 0 Å². The van der Waals surface area contributed by atoms with Crippen molar-refractivity contribution in [2.75, 3.05) is 6.61 Å². The van der Waals surface area contributed by atoms with Gasteiger partial charge in [0.25, 0.3) is 0 Å². The largest absolute Gasteiger partial charge is 0.508 e. The fraction of sp³-hybridized carbons (Fsp3) is 0.500. The molecule has 0 bridgehead atoms. The van der Waals surface area contributed by atoms with Crippen molar-refractivity contribution in [2.24, 2.45) is 0 Å². The number of rotatable bonds is 0. The third kappa shape index (κ3) is 1.60. The minimum atomic E-state index is -0.808. The summed E-state index contributed by atoms with van der Waals surface area (Å²) in [5.41, 5.74) is -0.610. The summed E-state index contributed by atoms with van der Waals surface area (Å²) in [7, 11) is 0. The third-order valence-electron chi connectivity index (χ3n) is 3.64. The fourth-order valence-corrected chi connectivity index (χ4v) is 2.89. The first-order valence-corrected chi connectivity index (χ1v) is 6.13. The van der Waals surface area contributed by atoms with Gasteiger partial charge in [-0.05, 0) is 26.0 Å². The molecule has 0 aliphatic carbocycles. The summed E-state index contributed by atoms with van der Waals surface area (Å²) in [5.74, 6) is 0.608. The minimum Gasteiger partial charge on any atom is -0.508 e. The summed E-state index contributed by atoms with van der Waals surface area (Å²) in [5, 5.41) is 9.46. The molecule has 1 unspecified atom stereocenters. The normalized spacial score (nSPS) is 29.1. The Morgan fingerprint density at radius 3 is 2.83 bits per heavy atom. The number of Topliss-reactive ketones (excluding diaryl/α,β-unsaturated/α-hetero) is 1. The lowest BCUT2D eigenvalue weighted by Gasteiger charge is -2.40. The van der Waals surface area contributed by atoms with Gasteiger partial charge < -0.3 is 14.6 Å². The topological polar surface area (TPSA) is 55.8 Å². The predicted molar refractivity (Wildman–Crippen MR) is 65.1 cm³/mol. The van der Waals surface area contributed by atoms with Crippen molar-refractivity contribution in [3.8, 4) is 11.5 Å². The molecular formula is C14H16O4. The van der Waals surface area contributed by atoms with Crippen LogP contribution in [-0.4, -0.2) is 28.7 Å². The van der Waals surface area contributed by atoms with Crippen LogP contribution in [0.25, 0.3) is 0 Å². The number of benzene rings is 1. The highest BCUT2D eigenvalue weighted by molar-refractivity contribution is 6.07. The summed E-state index contributed by atoms with van der Waals surface area (Å²) >= 11 is 0. The highest BCUT2D eigenvalue weighted by Crippen LogP contribution is 2.45. The first-order valence-electron chi connectivity index (χ1n) is 6.13. The number of phenolic OH excluding ortho intramolecular Hbond substituents is 1. The number of fused-ring (bicyclic) bond motifs is 1. The molecule has 1 atom stereocenters. The molecule has 4 nitrogen and oxygen atoms in total. The lowest BCUT2D eigenvalue weighted by atomic mass is 9.80. The van der Waals surface area contributed by atoms with Crippen molar-refractivity contribution < 1.29 is 19.4 Å². The number of hydrogen-bond acceptors (Lipinski definition) is 4. The Morgan fingerprint density at radius 1 is 1.33 bits per heavy atom. The highest BCUT2D eigenvalue weighted by atomic mass is 16.5. The van der Waals surface area contributed by atoms with E-state index in [9.17, 15) is 9.90 Å². The summed E-state index contributed by atoms with van der Waals surface area (Å²) in [6, 6.07) is 4.65. The highest BCUT2D eigenvalue weighted by Gasteiger charge is 2.53. The first kappa shape index (κ1) is 11.5. The van der Waals surface area contributed by atoms with Gasteiger partial charge in [-0.25, -0.2) is 0 Å². The second kappa shape index (κ2) is 3.48. The van der Waals surface area contributed by atoms with Gasteiger partial charge in [0.1, 0.15) is 11.5 Å². The zero-order valence-electron chi connectivity index (χ0n) is 10.5. The lowest BCUT2D eigenvalue weighted by Crippen LogP contribution is -2.52. The van der Waals surface area contributed by atoms with Crippen LogP contribution in [0.1, 0.15) is 37.0 Å². The Labute approximate surface area is 106 Å². The van der Waals surface area contributed by atoms with Gasteiger partial charge in [0, 0.05) is 18.9 Å². The quantitative estimate of drug-likeness (QED) is 0.765. The molecule has 0 aromatic heterocycles. The van der Waals surface area contributed by atoms with Crippen LogP contribution in [0.15, 0.2) is 18.2 Å². The van der Waals surface area contributed by atoms with Gasteiger partial charge in [-0.3, -0.25) is 4.79 Å². The van der Waals surface area contributed by atoms with E-state index in [1.807, 2.05) is 13.8 Å². The predicted octanol–water partition coefficient (Wildman–Crippen LogP) is 2.30. The Morgan fingerprint density at radius 2 is 2.11 bits per heavy atom. The SMILES string of the molecule is CC1(C)CC2(CCO1)Oc1cc(O)ccc1C2=O. The van der Waals surface area contributed by atoms with Crippen molar-refractivity contribution in [2.45, 2.75) is 37.9 Å². The van der Waals surface area contributed by atoms with Crippen molar-refractivity contribution >= 4 is 5.78 Å². The summed E-state index contributed by atoms with van der Waals surface area (Å²) < 4.78 is 11.5. The van der Waals surface area contributed by atoms with Crippen LogP contribution in [0.4, 0.5) is 0 Å². The Kier molecular flexibility index (Phi) is 2.23. The van der Waals surface area contributed by atoms with Crippen molar-refractivity contribution in [3.63, 3.8) is 0 Å². The van der Waals surface area contributed by atoms with Gasteiger partial charge in [-0.2, -0.15) is 0 Å². The van der Waals surface area contributed by atoms with Crippen LogP contribution < -0.4 is 4.74 Å². The maximum absolute atomic E-state index is 12.5. The Hall–Kier alpha value is -1.55. The third-order valence-corrected chi connectivity index (χ3v) is 3.64. The zero-order valence-corrected chi connectivity index (χ0v) is 10.5. The van der Waals surface area contributed by atoms with Gasteiger partial charge in [0.05, 0.1) is 17.8 Å². The van der Waals surface area contributed by atoms with E-state index in [-0.39, 0.29) is 17.1 Å². The lowest BCUT2D eigenvalue weighted by molar-refractivity contribution is -0.113. The van der Waals surface area contributed by atoms with Crippen LogP contribution in [-0.2, 0) is 4.74 Å². The molecule has 2 heterocycles. The summed E-state index contributed by atoms with van der Waals surface area (Å²) in [4.78, 5) is 12.5. The average molecular weight is 248 g/mol. The van der Waals surface area contributed by atoms with Crippen molar-refractivity contribution in [1.82, 2.24) is 0 Å². The van der Waals surface area contributed by atoms with E-state index in [2.05, 4.69) is 0 Å². The molecule has 0 saturated carbocycles. The van der Waals surface area contributed by atoms with E-state index in [0.29, 0.717) is 30.8 Å². The summed E-state index contributed by atoms with van der Waals surface area (Å²) in [6.07, 6.45) is 1.10. The number of carbonyl (C=O) groups is 1. The zero-order chi connectivity index (χ0) is 13.0. The molecule has 2 aliphatic rings. The molecule has 1 saturated heterocycles. The van der Waals surface area contributed by atoms with E-state index in [1.165, 1.54) is 12.1 Å². The molecule has 0 amide bonds. The maximum atomic E-state index is 12.5. The van der Waals surface area contributed by atoms with Crippen LogP contribution in [0, 0.1) is 0 Å². The number of phenols is 1. The number of ketones is 1. The molecule has 96 valence electrons. The monoisotopic (exact) mass is 248 g/mol. The smallest absolute Gasteiger partial charge is 0.210 e. The van der Waals surface area contributed by atoms with Gasteiger partial charge in [0.15, 0.2) is 5.60 Å². The standard InChI is InChI=1S/C14H16O4/c1-13(2)8-14(5-6-17-13)12(16)10-4-3-9(15)7-11(10)18-14/h3-4,7,15H,5-6,8H2,1-2H3. The molecule has 1 spiro atoms. The molecule has 1 fully saturated rings. The number of hydrogen-bond donors (Lipinski definition) is 1. The number of carbonyl (C=O) groups excluding carboxylic acids is 1. The molecule has 1 N–H and O–H groups in total. The average Bonchev–Trinajstić information content (AvgIpc) is 2.50. The summed E-state index contributed by atoms with van der Waals surface area (Å²) in [6.45, 7) is 4.44. The van der Waals surface area contributed by atoms with E-state index in [1.54, 1.807) is 6.07 Å². The van der Waals surface area contributed by atoms with Crippen molar-refractivity contribution in [3.05, 3.63) is 23.8 Å². The molecule has 4 heteroatoms. The Balaban J connectivity index is 2.00. The van der Waals surface area contributed by atoms with Crippen LogP contribution >= 0.6 is 0 Å². The second-order valence-corrected chi connectivity index (χ2v) is 5.64. The molecule has 3 rings (SSSR count). The minimum absolute atomic E-state index is 0.00822. The first-order chi connectivity index (χ1) is 8.42. The molecule has 18 heavy (non-hydrogen) atoms. The number of ether oxygens (including phenoxy) is 2. The van der Waals surface area contributed by atoms with Gasteiger partial charge in [-0.1, -0.05) is 0 Å². The molecular weight excluding hydrogens is 232 g/mol. The molecule has 1 aromatic carbocycles. The van der Waals surface area contributed by atoms with Crippen LogP contribution in [0.3, 0.4) is 0 Å². The van der Waals surface area contributed by atoms with E-state index >= 15 is 0 Å². The molecule has 2 aliphatic heterocycles. The maximum Gasteiger partial charge on any atom is 0.210 e. The molecule has 1 aromatic rings. The number of aromatic hydroxyl groups is 1. The van der Waals surface area contributed by atoms with E-state index < -0.39 is 5.60 Å². The fourth-order valence-electron chi connectivity index (χ4n) is 2.89. The van der Waals surface area contributed by atoms with Gasteiger partial charge in [0.2, 0.25) is 5.78 Å². The van der Waals surface area contributed by atoms with E-state index in [4.69, 9.17) is 9.47 Å². The Bertz CT molecular complexity index is 521. The van der Waals surface area contributed by atoms with Crippen molar-refractivity contribution in [1.29, 1.82) is 0 Å². The van der Waals surface area contributed by atoms with E-state index in [0.717, 1.165) is 0 Å². The van der Waals surface area contributed by atoms with Gasteiger partial charge >= 0.3 is 0 Å². The van der Waals surface area contributed by atoms with Crippen LogP contribution in [0.5, 0.6) is 11.5 Å². The molecule has 0 radical (unpaired) electrons. The van der Waals surface area contributed by atoms with Crippen LogP contribution in [0.2, 0.25) is 0 Å². The second-order valence-electron chi connectivity index (χ2n) is 5.64.